The van der Waals surface area contributed by atoms with Gasteiger partial charge in [0.15, 0.2) is 0 Å². The van der Waals surface area contributed by atoms with Crippen LogP contribution in [0.1, 0.15) is 46.3 Å². The number of aliphatic carboxylic acids is 1. The molecule has 0 aliphatic heterocycles. The third kappa shape index (κ3) is 8.31. The van der Waals surface area contributed by atoms with Crippen LogP contribution < -0.4 is 22.1 Å². The summed E-state index contributed by atoms with van der Waals surface area (Å²) in [4.78, 5) is 60.8. The number of hydrogen-bond donors (Lipinski definition) is 6. The number of aromatic amines is 1. The Bertz CT molecular complexity index is 1620. The highest BCUT2D eigenvalue weighted by Crippen LogP contribution is 2.24. The van der Waals surface area contributed by atoms with Crippen molar-refractivity contribution >= 4 is 46.6 Å². The molecule has 0 saturated carbocycles. The number of aromatic nitrogens is 3. The van der Waals surface area contributed by atoms with Crippen LogP contribution in [-0.4, -0.2) is 63.0 Å². The molecule has 2 atom stereocenters. The lowest BCUT2D eigenvalue weighted by Gasteiger charge is -2.18. The van der Waals surface area contributed by atoms with Crippen LogP contribution in [0.15, 0.2) is 60.8 Å². The van der Waals surface area contributed by atoms with Crippen LogP contribution in [0.2, 0.25) is 0 Å². The molecule has 2 aromatic carbocycles. The molecular weight excluding hydrogens is 566 g/mol. The Hall–Kier alpha value is -5.46. The molecule has 0 aliphatic carbocycles. The zero-order valence-electron chi connectivity index (χ0n) is 24.2. The molecule has 0 aliphatic rings. The number of methoxy groups -OCH3 is 1. The first-order valence-corrected chi connectivity index (χ1v) is 14.1. The number of esters is 1. The van der Waals surface area contributed by atoms with Gasteiger partial charge in [0.2, 0.25) is 11.9 Å². The smallest absolute Gasteiger partial charge is 0.328 e. The number of amides is 2. The normalized spacial score (nSPS) is 12.3. The number of nitrogens with two attached hydrogens (primary N) is 2. The van der Waals surface area contributed by atoms with Gasteiger partial charge >= 0.3 is 11.9 Å². The predicted molar refractivity (Wildman–Crippen MR) is 163 cm³/mol. The number of carbonyl (C=O) groups is 4. The molecule has 0 saturated heterocycles. The largest absolute Gasteiger partial charge is 0.480 e. The average molecular weight is 602 g/mol. The molecule has 44 heavy (non-hydrogen) atoms. The highest BCUT2D eigenvalue weighted by Gasteiger charge is 2.25. The van der Waals surface area contributed by atoms with E-state index >= 15 is 0 Å². The Morgan fingerprint density at radius 3 is 2.34 bits per heavy atom. The van der Waals surface area contributed by atoms with Crippen molar-refractivity contribution in [2.45, 2.75) is 50.6 Å². The van der Waals surface area contributed by atoms with Gasteiger partial charge in [0.25, 0.3) is 5.91 Å². The van der Waals surface area contributed by atoms with Gasteiger partial charge in [-0.1, -0.05) is 42.5 Å². The second-order valence-corrected chi connectivity index (χ2v) is 10.3. The lowest BCUT2D eigenvalue weighted by atomic mass is 10.0. The van der Waals surface area contributed by atoms with Crippen molar-refractivity contribution in [2.75, 3.05) is 18.6 Å². The number of carbonyl (C=O) groups excluding carboxylic acids is 3. The number of nitrogen functional groups attached to an aromatic ring is 2. The number of anilines is 2. The van der Waals surface area contributed by atoms with Gasteiger partial charge in [-0.15, -0.1) is 0 Å². The number of hydrogen-bond acceptors (Lipinski definition) is 9. The highest BCUT2D eigenvalue weighted by atomic mass is 16.5. The molecule has 4 rings (SSSR count). The van der Waals surface area contributed by atoms with E-state index in [2.05, 4.69) is 25.6 Å². The predicted octanol–water partition coefficient (Wildman–Crippen LogP) is 2.16. The van der Waals surface area contributed by atoms with Crippen LogP contribution in [0, 0.1) is 0 Å². The fourth-order valence-electron chi connectivity index (χ4n) is 4.87. The molecule has 0 spiro atoms. The topological polar surface area (TPSA) is 215 Å². The summed E-state index contributed by atoms with van der Waals surface area (Å²) in [5, 5.41) is 15.4. The molecule has 0 bridgehead atoms. The molecule has 230 valence electrons. The van der Waals surface area contributed by atoms with Crippen molar-refractivity contribution in [2.24, 2.45) is 0 Å². The van der Waals surface area contributed by atoms with Gasteiger partial charge in [0, 0.05) is 24.6 Å². The molecule has 0 unspecified atom stereocenters. The molecule has 13 heteroatoms. The number of ether oxygens (including phenoxy) is 1. The Kier molecular flexibility index (Phi) is 10.5. The van der Waals surface area contributed by atoms with Crippen molar-refractivity contribution in [1.29, 1.82) is 0 Å². The van der Waals surface area contributed by atoms with Crippen LogP contribution in [0.5, 0.6) is 0 Å². The lowest BCUT2D eigenvalue weighted by Crippen LogP contribution is -2.45. The van der Waals surface area contributed by atoms with Crippen LogP contribution in [0.25, 0.3) is 11.0 Å². The van der Waals surface area contributed by atoms with Crippen molar-refractivity contribution in [3.63, 3.8) is 0 Å². The minimum atomic E-state index is -1.17. The fourth-order valence-corrected chi connectivity index (χ4v) is 4.87. The standard InChI is InChI=1S/C31H35N7O6/c1-44-30(43)22(14-15-24(39)35-23(29(41)42)16-19-6-3-2-4-7-19)36-28(40)20-12-10-18(11-13-20)8-5-9-21-17-34-27-25(21)26(32)37-31(33)38-27/h2-4,6-7,10-13,17,22-23H,5,8-9,14-16H2,1H3,(H,35,39)(H,36,40)(H,41,42)(H5,32,33,34,37,38)/t22-,23-/m0/s1. The first-order valence-electron chi connectivity index (χ1n) is 14.1. The van der Waals surface area contributed by atoms with Crippen LogP contribution in [0.3, 0.4) is 0 Å². The van der Waals surface area contributed by atoms with E-state index < -0.39 is 35.8 Å². The zero-order chi connectivity index (χ0) is 31.6. The maximum atomic E-state index is 12.9. The molecule has 2 aromatic heterocycles. The van der Waals surface area contributed by atoms with Gasteiger partial charge in [-0.3, -0.25) is 9.59 Å². The van der Waals surface area contributed by atoms with Crippen molar-refractivity contribution in [3.05, 3.63) is 83.0 Å². The summed E-state index contributed by atoms with van der Waals surface area (Å²) in [5.74, 6) is -2.52. The van der Waals surface area contributed by atoms with Crippen molar-refractivity contribution in [3.8, 4) is 0 Å². The third-order valence-electron chi connectivity index (χ3n) is 7.15. The molecular formula is C31H35N7O6. The summed E-state index contributed by atoms with van der Waals surface area (Å²) in [6, 6.07) is 13.7. The Labute approximate surface area is 253 Å². The van der Waals surface area contributed by atoms with E-state index in [0.29, 0.717) is 17.0 Å². The number of nitrogens with zero attached hydrogens (tertiary/aromatic N) is 2. The summed E-state index contributed by atoms with van der Waals surface area (Å²) in [7, 11) is 1.18. The fraction of sp³-hybridized carbons (Fsp3) is 0.290. The summed E-state index contributed by atoms with van der Waals surface area (Å²) in [5.41, 5.74) is 15.4. The van der Waals surface area contributed by atoms with Crippen LogP contribution in [-0.2, 0) is 38.4 Å². The van der Waals surface area contributed by atoms with E-state index in [9.17, 15) is 24.3 Å². The lowest BCUT2D eigenvalue weighted by molar-refractivity contribution is -0.144. The van der Waals surface area contributed by atoms with Gasteiger partial charge < -0.3 is 36.9 Å². The molecule has 2 heterocycles. The van der Waals surface area contributed by atoms with Crippen molar-refractivity contribution < 1.29 is 29.0 Å². The molecule has 4 aromatic rings. The first kappa shape index (κ1) is 31.5. The number of H-pyrrole nitrogens is 1. The summed E-state index contributed by atoms with van der Waals surface area (Å²) < 4.78 is 4.81. The highest BCUT2D eigenvalue weighted by molar-refractivity contribution is 5.97. The van der Waals surface area contributed by atoms with Gasteiger partial charge in [-0.05, 0) is 54.5 Å². The van der Waals surface area contributed by atoms with E-state index in [1.165, 1.54) is 7.11 Å². The number of carboxylic acid groups (broad SMARTS) is 1. The number of rotatable bonds is 14. The van der Waals surface area contributed by atoms with E-state index in [-0.39, 0.29) is 25.2 Å². The zero-order valence-corrected chi connectivity index (χ0v) is 24.2. The molecule has 13 nitrogen and oxygen atoms in total. The minimum Gasteiger partial charge on any atom is -0.480 e. The van der Waals surface area contributed by atoms with E-state index in [1.54, 1.807) is 36.4 Å². The van der Waals surface area contributed by atoms with Gasteiger partial charge in [-0.25, -0.2) is 9.59 Å². The SMILES string of the molecule is COC(=O)[C@H](CCC(=O)N[C@@H](Cc1ccccc1)C(=O)O)NC(=O)c1ccc(CCCc2c[nH]c3nc(N)nc(N)c23)cc1. The summed E-state index contributed by atoms with van der Waals surface area (Å²) in [6.45, 7) is 0. The summed E-state index contributed by atoms with van der Waals surface area (Å²) >= 11 is 0. The molecule has 2 amide bonds. The van der Waals surface area contributed by atoms with Gasteiger partial charge in [0.1, 0.15) is 23.5 Å². The molecule has 8 N–H and O–H groups in total. The average Bonchev–Trinajstić information content (AvgIpc) is 3.42. The third-order valence-corrected chi connectivity index (χ3v) is 7.15. The minimum absolute atomic E-state index is 0.0734. The van der Waals surface area contributed by atoms with Crippen LogP contribution in [0.4, 0.5) is 11.8 Å². The van der Waals surface area contributed by atoms with E-state index in [1.807, 2.05) is 24.4 Å². The number of nitrogens with one attached hydrogen (secondary N) is 3. The Morgan fingerprint density at radius 2 is 1.66 bits per heavy atom. The maximum Gasteiger partial charge on any atom is 0.328 e. The van der Waals surface area contributed by atoms with E-state index in [0.717, 1.165) is 41.3 Å². The quantitative estimate of drug-likeness (QED) is 0.116. The number of fused-ring (bicyclic) bond motifs is 1. The molecule has 0 radical (unpaired) electrons. The van der Waals surface area contributed by atoms with Gasteiger partial charge in [-0.2, -0.15) is 9.97 Å². The second-order valence-electron chi connectivity index (χ2n) is 10.3. The number of benzene rings is 2. The molecule has 0 fully saturated rings. The van der Waals surface area contributed by atoms with E-state index in [4.69, 9.17) is 16.2 Å². The van der Waals surface area contributed by atoms with Gasteiger partial charge in [0.05, 0.1) is 12.5 Å². The number of aryl methyl sites for hydroxylation is 2. The maximum absolute atomic E-state index is 12.9. The summed E-state index contributed by atoms with van der Waals surface area (Å²) in [6.07, 6.45) is 3.97. The monoisotopic (exact) mass is 601 g/mol. The Morgan fingerprint density at radius 1 is 0.932 bits per heavy atom. The Balaban J connectivity index is 1.28. The van der Waals surface area contributed by atoms with Crippen molar-refractivity contribution in [1.82, 2.24) is 25.6 Å². The van der Waals surface area contributed by atoms with Crippen LogP contribution >= 0.6 is 0 Å². The second kappa shape index (κ2) is 14.6. The first-order chi connectivity index (χ1) is 21.1. The number of carboxylic acids is 1.